The molecule has 2 aromatic rings. The van der Waals surface area contributed by atoms with Gasteiger partial charge in [0.15, 0.2) is 0 Å². The molecule has 3 nitrogen and oxygen atoms in total. The van der Waals surface area contributed by atoms with Gasteiger partial charge in [-0.15, -0.1) is 0 Å². The van der Waals surface area contributed by atoms with Crippen molar-refractivity contribution in [2.24, 2.45) is 0 Å². The van der Waals surface area contributed by atoms with Gasteiger partial charge >= 0.3 is 0 Å². The minimum Gasteiger partial charge on any atom is -0.481 e. The lowest BCUT2D eigenvalue weighted by Gasteiger charge is -2.07. The fourth-order valence-electron chi connectivity index (χ4n) is 1.67. The lowest BCUT2D eigenvalue weighted by molar-refractivity contribution is 0.397. The molecule has 0 saturated carbocycles. The molecule has 2 rings (SSSR count). The molecule has 19 heavy (non-hydrogen) atoms. The summed E-state index contributed by atoms with van der Waals surface area (Å²) in [5.74, 6) is 0.188. The van der Waals surface area contributed by atoms with Gasteiger partial charge < -0.3 is 10.1 Å². The Labute approximate surface area is 116 Å². The number of halogens is 2. The van der Waals surface area contributed by atoms with E-state index in [-0.39, 0.29) is 5.02 Å². The SMILES string of the molecule is COc1cc(CNCc2ccc(F)c(Cl)c2)ccn1. The highest BCUT2D eigenvalue weighted by atomic mass is 35.5. The molecule has 0 unspecified atom stereocenters. The third-order valence-corrected chi connectivity index (χ3v) is 2.94. The molecule has 1 aromatic heterocycles. The van der Waals surface area contributed by atoms with Crippen LogP contribution in [0, 0.1) is 5.82 Å². The highest BCUT2D eigenvalue weighted by Gasteiger charge is 2.01. The third-order valence-electron chi connectivity index (χ3n) is 2.65. The Morgan fingerprint density at radius 3 is 2.63 bits per heavy atom. The molecule has 0 saturated heterocycles. The van der Waals surface area contributed by atoms with Crippen molar-refractivity contribution >= 4 is 11.6 Å². The third kappa shape index (κ3) is 3.91. The molecule has 1 N–H and O–H groups in total. The van der Waals surface area contributed by atoms with Crippen LogP contribution in [0.1, 0.15) is 11.1 Å². The average molecular weight is 281 g/mol. The van der Waals surface area contributed by atoms with Gasteiger partial charge in [0, 0.05) is 25.4 Å². The van der Waals surface area contributed by atoms with Gasteiger partial charge in [-0.25, -0.2) is 9.37 Å². The summed E-state index contributed by atoms with van der Waals surface area (Å²) in [5, 5.41) is 3.39. The van der Waals surface area contributed by atoms with E-state index in [1.165, 1.54) is 6.07 Å². The Bertz CT molecular complexity index is 563. The maximum absolute atomic E-state index is 13.0. The predicted molar refractivity (Wildman–Crippen MR) is 72.7 cm³/mol. The highest BCUT2D eigenvalue weighted by Crippen LogP contribution is 2.16. The van der Waals surface area contributed by atoms with E-state index in [1.54, 1.807) is 25.4 Å². The highest BCUT2D eigenvalue weighted by molar-refractivity contribution is 6.30. The van der Waals surface area contributed by atoms with Crippen molar-refractivity contribution in [2.75, 3.05) is 7.11 Å². The molecular formula is C14H14ClFN2O. The van der Waals surface area contributed by atoms with Crippen molar-refractivity contribution in [1.29, 1.82) is 0 Å². The summed E-state index contributed by atoms with van der Waals surface area (Å²) in [6.45, 7) is 1.29. The minimum atomic E-state index is -0.399. The fraction of sp³-hybridized carbons (Fsp3) is 0.214. The number of aromatic nitrogens is 1. The lowest BCUT2D eigenvalue weighted by Crippen LogP contribution is -2.12. The Hall–Kier alpha value is -1.65. The summed E-state index contributed by atoms with van der Waals surface area (Å²) in [6, 6.07) is 8.48. The second-order valence-corrected chi connectivity index (χ2v) is 4.47. The number of hydrogen-bond acceptors (Lipinski definition) is 3. The minimum absolute atomic E-state index is 0.143. The van der Waals surface area contributed by atoms with Crippen LogP contribution in [0.4, 0.5) is 4.39 Å². The van der Waals surface area contributed by atoms with Crippen LogP contribution in [-0.4, -0.2) is 12.1 Å². The first-order valence-electron chi connectivity index (χ1n) is 5.82. The van der Waals surface area contributed by atoms with Crippen molar-refractivity contribution in [1.82, 2.24) is 10.3 Å². The van der Waals surface area contributed by atoms with E-state index in [0.717, 1.165) is 11.1 Å². The maximum atomic E-state index is 13.0. The molecule has 0 atom stereocenters. The second-order valence-electron chi connectivity index (χ2n) is 4.06. The Morgan fingerprint density at radius 1 is 1.21 bits per heavy atom. The average Bonchev–Trinajstić information content (AvgIpc) is 2.43. The largest absolute Gasteiger partial charge is 0.481 e. The number of rotatable bonds is 5. The normalized spacial score (nSPS) is 10.5. The molecule has 0 aliphatic rings. The summed E-state index contributed by atoms with van der Waals surface area (Å²) in [4.78, 5) is 4.04. The van der Waals surface area contributed by atoms with E-state index in [0.29, 0.717) is 19.0 Å². The van der Waals surface area contributed by atoms with Crippen molar-refractivity contribution in [3.05, 3.63) is 58.5 Å². The number of hydrogen-bond donors (Lipinski definition) is 1. The van der Waals surface area contributed by atoms with Crippen LogP contribution in [0.5, 0.6) is 5.88 Å². The van der Waals surface area contributed by atoms with Crippen LogP contribution >= 0.6 is 11.6 Å². The van der Waals surface area contributed by atoms with Crippen LogP contribution in [0.3, 0.4) is 0 Å². The van der Waals surface area contributed by atoms with Gasteiger partial charge in [-0.1, -0.05) is 17.7 Å². The quantitative estimate of drug-likeness (QED) is 0.913. The van der Waals surface area contributed by atoms with E-state index in [9.17, 15) is 4.39 Å². The van der Waals surface area contributed by atoms with Crippen molar-refractivity contribution in [3.8, 4) is 5.88 Å². The first-order chi connectivity index (χ1) is 9.19. The molecule has 1 aromatic carbocycles. The van der Waals surface area contributed by atoms with Gasteiger partial charge in [-0.2, -0.15) is 0 Å². The molecule has 1 heterocycles. The van der Waals surface area contributed by atoms with Gasteiger partial charge in [0.2, 0.25) is 5.88 Å². The number of pyridine rings is 1. The monoisotopic (exact) mass is 280 g/mol. The molecule has 0 amide bonds. The van der Waals surface area contributed by atoms with Crippen LogP contribution in [0.2, 0.25) is 5.02 Å². The number of methoxy groups -OCH3 is 1. The fourth-order valence-corrected chi connectivity index (χ4v) is 1.88. The van der Waals surface area contributed by atoms with E-state index < -0.39 is 5.82 Å². The summed E-state index contributed by atoms with van der Waals surface area (Å²) in [6.07, 6.45) is 1.70. The molecule has 0 fully saturated rings. The Kier molecular flexibility index (Phi) is 4.71. The van der Waals surface area contributed by atoms with Gasteiger partial charge in [0.05, 0.1) is 12.1 Å². The zero-order valence-electron chi connectivity index (χ0n) is 10.5. The van der Waals surface area contributed by atoms with Crippen LogP contribution in [0.15, 0.2) is 36.5 Å². The summed E-state index contributed by atoms with van der Waals surface area (Å²) >= 11 is 5.72. The topological polar surface area (TPSA) is 34.1 Å². The first kappa shape index (κ1) is 13.8. The van der Waals surface area contributed by atoms with E-state index in [4.69, 9.17) is 16.3 Å². The smallest absolute Gasteiger partial charge is 0.213 e. The zero-order chi connectivity index (χ0) is 13.7. The van der Waals surface area contributed by atoms with Crippen molar-refractivity contribution < 1.29 is 9.13 Å². The standard InChI is InChI=1S/C14H14ClFN2O/c1-19-14-7-11(4-5-18-14)9-17-8-10-2-3-13(16)12(15)6-10/h2-7,17H,8-9H2,1H3. The number of nitrogens with one attached hydrogen (secondary N) is 1. The summed E-state index contributed by atoms with van der Waals surface area (Å²) in [7, 11) is 1.58. The predicted octanol–water partition coefficient (Wildman–Crippen LogP) is 3.17. The molecule has 0 aliphatic heterocycles. The van der Waals surface area contributed by atoms with Crippen LogP contribution in [-0.2, 0) is 13.1 Å². The zero-order valence-corrected chi connectivity index (χ0v) is 11.2. The van der Waals surface area contributed by atoms with Gasteiger partial charge in [0.1, 0.15) is 5.82 Å². The van der Waals surface area contributed by atoms with E-state index >= 15 is 0 Å². The van der Waals surface area contributed by atoms with E-state index in [1.807, 2.05) is 12.1 Å². The van der Waals surface area contributed by atoms with Crippen molar-refractivity contribution in [3.63, 3.8) is 0 Å². The first-order valence-corrected chi connectivity index (χ1v) is 6.20. The Morgan fingerprint density at radius 2 is 1.95 bits per heavy atom. The molecule has 0 spiro atoms. The molecule has 5 heteroatoms. The van der Waals surface area contributed by atoms with Crippen LogP contribution < -0.4 is 10.1 Å². The lowest BCUT2D eigenvalue weighted by atomic mass is 10.2. The summed E-state index contributed by atoms with van der Waals surface area (Å²) in [5.41, 5.74) is 2.01. The van der Waals surface area contributed by atoms with Gasteiger partial charge in [-0.3, -0.25) is 0 Å². The molecular weight excluding hydrogens is 267 g/mol. The van der Waals surface area contributed by atoms with E-state index in [2.05, 4.69) is 10.3 Å². The molecule has 0 bridgehead atoms. The second kappa shape index (κ2) is 6.50. The van der Waals surface area contributed by atoms with Crippen LogP contribution in [0.25, 0.3) is 0 Å². The molecule has 0 radical (unpaired) electrons. The molecule has 100 valence electrons. The summed E-state index contributed by atoms with van der Waals surface area (Å²) < 4.78 is 18.0. The number of nitrogens with zero attached hydrogens (tertiary/aromatic N) is 1. The Balaban J connectivity index is 1.90. The van der Waals surface area contributed by atoms with Gasteiger partial charge in [0.25, 0.3) is 0 Å². The number of benzene rings is 1. The number of ether oxygens (including phenoxy) is 1. The van der Waals surface area contributed by atoms with Gasteiger partial charge in [-0.05, 0) is 29.3 Å². The molecule has 0 aliphatic carbocycles. The van der Waals surface area contributed by atoms with Crippen molar-refractivity contribution in [2.45, 2.75) is 13.1 Å². The maximum Gasteiger partial charge on any atom is 0.213 e.